The maximum Gasteiger partial charge on any atom is 0.255 e. The largest absolute Gasteiger partial charge is 0.489 e. The lowest BCUT2D eigenvalue weighted by atomic mass is 10.0. The third kappa shape index (κ3) is 4.72. The highest BCUT2D eigenvalue weighted by atomic mass is 16.5. The van der Waals surface area contributed by atoms with Crippen LogP contribution in [-0.2, 0) is 22.7 Å². The Morgan fingerprint density at radius 2 is 2.00 bits per heavy atom. The van der Waals surface area contributed by atoms with E-state index in [2.05, 4.69) is 20.3 Å². The summed E-state index contributed by atoms with van der Waals surface area (Å²) in [7, 11) is 0. The van der Waals surface area contributed by atoms with Gasteiger partial charge in [0, 0.05) is 55.6 Å². The highest BCUT2D eigenvalue weighted by molar-refractivity contribution is 6.05. The third-order valence-electron chi connectivity index (χ3n) is 7.23. The number of pyridine rings is 1. The third-order valence-corrected chi connectivity index (χ3v) is 7.23. The second-order valence-electron chi connectivity index (χ2n) is 9.93. The number of hydrogen-bond acceptors (Lipinski definition) is 7. The van der Waals surface area contributed by atoms with Crippen LogP contribution in [0.25, 0.3) is 5.69 Å². The molecule has 1 aromatic carbocycles. The summed E-state index contributed by atoms with van der Waals surface area (Å²) in [5, 5.41) is 6.82. The summed E-state index contributed by atoms with van der Waals surface area (Å²) in [4.78, 5) is 44.9. The van der Waals surface area contributed by atoms with Gasteiger partial charge in [0.05, 0.1) is 18.1 Å². The van der Waals surface area contributed by atoms with Gasteiger partial charge in [0.15, 0.2) is 0 Å². The fourth-order valence-electron chi connectivity index (χ4n) is 5.29. The summed E-state index contributed by atoms with van der Waals surface area (Å²) >= 11 is 0. The number of rotatable bonds is 6. The zero-order valence-electron chi connectivity index (χ0n) is 20.6. The second kappa shape index (κ2) is 9.44. The number of nitrogens with zero attached hydrogens (tertiary/aromatic N) is 5. The number of hydrogen-bond donors (Lipinski definition) is 1. The highest BCUT2D eigenvalue weighted by Crippen LogP contribution is 2.31. The number of aryl methyl sites for hydroxylation is 1. The first kappa shape index (κ1) is 23.4. The van der Waals surface area contributed by atoms with Crippen LogP contribution in [0.1, 0.15) is 46.4 Å². The minimum Gasteiger partial charge on any atom is -0.489 e. The van der Waals surface area contributed by atoms with Gasteiger partial charge in [0.1, 0.15) is 17.9 Å². The van der Waals surface area contributed by atoms with E-state index in [1.807, 2.05) is 54.5 Å². The lowest BCUT2D eigenvalue weighted by Crippen LogP contribution is -2.52. The second-order valence-corrected chi connectivity index (χ2v) is 9.93. The average Bonchev–Trinajstić information content (AvgIpc) is 3.60. The Kier molecular flexibility index (Phi) is 5.96. The van der Waals surface area contributed by atoms with Crippen LogP contribution in [0.5, 0.6) is 5.75 Å². The van der Waals surface area contributed by atoms with Gasteiger partial charge in [-0.2, -0.15) is 5.10 Å². The van der Waals surface area contributed by atoms with E-state index in [1.54, 1.807) is 11.0 Å². The molecule has 3 aliphatic heterocycles. The molecule has 2 fully saturated rings. The Bertz CT molecular complexity index is 1370. The van der Waals surface area contributed by atoms with Gasteiger partial charge >= 0.3 is 0 Å². The maximum atomic E-state index is 12.9. The summed E-state index contributed by atoms with van der Waals surface area (Å²) in [6, 6.07) is 8.87. The molecule has 0 saturated carbocycles. The molecule has 37 heavy (non-hydrogen) atoms. The standard InChI is InChI=1S/C27H28N6O4/c1-17-2-3-20(12-28-17)33-14-18(11-29-33)13-31-9-8-22(16-31)37-21-4-5-23-19(10-21)15-32(27(23)36)24-6-7-25(34)30-26(24)35/h2-5,10-12,14,22,24H,6-9,13,15-16H2,1H3,(H,30,34,35)/t22-,24?/m0/s1. The number of amides is 3. The Morgan fingerprint density at radius 3 is 2.81 bits per heavy atom. The molecule has 3 aromatic rings. The molecule has 3 amide bonds. The Hall–Kier alpha value is -4.05. The molecule has 6 rings (SSSR count). The van der Waals surface area contributed by atoms with Crippen LogP contribution in [0, 0.1) is 6.92 Å². The Balaban J connectivity index is 1.05. The van der Waals surface area contributed by atoms with Gasteiger partial charge in [-0.3, -0.25) is 29.6 Å². The van der Waals surface area contributed by atoms with E-state index < -0.39 is 11.9 Å². The molecule has 1 unspecified atom stereocenters. The van der Waals surface area contributed by atoms with Crippen LogP contribution in [-0.4, -0.2) is 67.5 Å². The average molecular weight is 501 g/mol. The number of fused-ring (bicyclic) bond motifs is 1. The normalized spacial score (nSPS) is 21.9. The minimum atomic E-state index is -0.614. The van der Waals surface area contributed by atoms with Crippen LogP contribution >= 0.6 is 0 Å². The molecule has 2 aromatic heterocycles. The molecular formula is C27H28N6O4. The van der Waals surface area contributed by atoms with Crippen molar-refractivity contribution >= 4 is 17.7 Å². The molecule has 2 atom stereocenters. The molecule has 0 bridgehead atoms. The molecule has 10 heteroatoms. The van der Waals surface area contributed by atoms with Crippen molar-refractivity contribution in [2.24, 2.45) is 0 Å². The van der Waals surface area contributed by atoms with E-state index >= 15 is 0 Å². The van der Waals surface area contributed by atoms with E-state index in [4.69, 9.17) is 4.74 Å². The van der Waals surface area contributed by atoms with Gasteiger partial charge in [-0.15, -0.1) is 0 Å². The number of imide groups is 1. The number of benzene rings is 1. The van der Waals surface area contributed by atoms with Crippen molar-refractivity contribution in [1.29, 1.82) is 0 Å². The first-order valence-electron chi connectivity index (χ1n) is 12.6. The van der Waals surface area contributed by atoms with Crippen molar-refractivity contribution in [3.05, 3.63) is 71.3 Å². The number of carbonyl (C=O) groups excluding carboxylic acids is 3. The van der Waals surface area contributed by atoms with Crippen LogP contribution in [0.15, 0.2) is 48.9 Å². The molecule has 2 saturated heterocycles. The predicted octanol–water partition coefficient (Wildman–Crippen LogP) is 1.99. The summed E-state index contributed by atoms with van der Waals surface area (Å²) in [5.74, 6) is -0.140. The minimum absolute atomic E-state index is 0.0535. The molecule has 5 heterocycles. The number of aromatic nitrogens is 3. The summed E-state index contributed by atoms with van der Waals surface area (Å²) < 4.78 is 8.12. The summed E-state index contributed by atoms with van der Waals surface area (Å²) in [6.07, 6.45) is 7.30. The molecular weight excluding hydrogens is 472 g/mol. The summed E-state index contributed by atoms with van der Waals surface area (Å²) in [6.45, 7) is 4.82. The molecule has 190 valence electrons. The van der Waals surface area contributed by atoms with Crippen molar-refractivity contribution in [3.63, 3.8) is 0 Å². The molecule has 0 radical (unpaired) electrons. The van der Waals surface area contributed by atoms with Crippen molar-refractivity contribution in [2.75, 3.05) is 13.1 Å². The zero-order valence-corrected chi connectivity index (χ0v) is 20.6. The van der Waals surface area contributed by atoms with E-state index in [1.165, 1.54) is 0 Å². The van der Waals surface area contributed by atoms with Crippen LogP contribution in [0.3, 0.4) is 0 Å². The van der Waals surface area contributed by atoms with Gasteiger partial charge in [-0.1, -0.05) is 0 Å². The van der Waals surface area contributed by atoms with Gasteiger partial charge in [0.2, 0.25) is 11.8 Å². The van der Waals surface area contributed by atoms with Gasteiger partial charge in [-0.25, -0.2) is 4.68 Å². The van der Waals surface area contributed by atoms with Crippen LogP contribution in [0.4, 0.5) is 0 Å². The Morgan fingerprint density at radius 1 is 1.11 bits per heavy atom. The quantitative estimate of drug-likeness (QED) is 0.516. The van der Waals surface area contributed by atoms with Crippen molar-refractivity contribution in [3.8, 4) is 11.4 Å². The molecule has 0 aliphatic carbocycles. The van der Waals surface area contributed by atoms with Crippen molar-refractivity contribution < 1.29 is 19.1 Å². The molecule has 10 nitrogen and oxygen atoms in total. The molecule has 1 N–H and O–H groups in total. The smallest absolute Gasteiger partial charge is 0.255 e. The Labute approximate surface area is 214 Å². The predicted molar refractivity (Wildman–Crippen MR) is 133 cm³/mol. The number of carbonyl (C=O) groups is 3. The van der Waals surface area contributed by atoms with Gasteiger partial charge in [-0.05, 0) is 55.7 Å². The number of ether oxygens (including phenoxy) is 1. The topological polar surface area (TPSA) is 110 Å². The van der Waals surface area contributed by atoms with Crippen molar-refractivity contribution in [2.45, 2.75) is 51.4 Å². The fraction of sp³-hybridized carbons (Fsp3) is 0.370. The van der Waals surface area contributed by atoms with E-state index in [0.717, 1.165) is 54.3 Å². The van der Waals surface area contributed by atoms with E-state index in [9.17, 15) is 14.4 Å². The lowest BCUT2D eigenvalue weighted by Gasteiger charge is -2.29. The monoisotopic (exact) mass is 500 g/mol. The van der Waals surface area contributed by atoms with Gasteiger partial charge in [0.25, 0.3) is 5.91 Å². The van der Waals surface area contributed by atoms with E-state index in [0.29, 0.717) is 18.5 Å². The van der Waals surface area contributed by atoms with E-state index in [-0.39, 0.29) is 24.3 Å². The zero-order chi connectivity index (χ0) is 25.5. The van der Waals surface area contributed by atoms with Crippen LogP contribution in [0.2, 0.25) is 0 Å². The van der Waals surface area contributed by atoms with Crippen molar-refractivity contribution in [1.82, 2.24) is 29.9 Å². The highest BCUT2D eigenvalue weighted by Gasteiger charge is 2.39. The first-order valence-corrected chi connectivity index (χ1v) is 12.6. The number of likely N-dealkylation sites (tertiary alicyclic amines) is 1. The molecule has 3 aliphatic rings. The number of piperidine rings is 1. The first-order chi connectivity index (χ1) is 17.9. The van der Waals surface area contributed by atoms with Crippen LogP contribution < -0.4 is 10.1 Å². The molecule has 0 spiro atoms. The lowest BCUT2D eigenvalue weighted by molar-refractivity contribution is -0.136. The van der Waals surface area contributed by atoms with Gasteiger partial charge < -0.3 is 9.64 Å². The maximum absolute atomic E-state index is 12.9. The SMILES string of the molecule is Cc1ccc(-n2cc(CN3CC[C@H](Oc4ccc5c(c4)CN(C4CCC(=O)NC4=O)C5=O)C3)cn2)cn1. The number of nitrogens with one attached hydrogen (secondary N) is 1. The fourth-order valence-corrected chi connectivity index (χ4v) is 5.29. The summed E-state index contributed by atoms with van der Waals surface area (Å²) in [5.41, 5.74) is 4.48.